The van der Waals surface area contributed by atoms with Gasteiger partial charge in [-0.15, -0.1) is 0 Å². The Kier molecular flexibility index (Phi) is 5.72. The molecule has 2 heterocycles. The average Bonchev–Trinajstić information content (AvgIpc) is 3.16. The van der Waals surface area contributed by atoms with Crippen molar-refractivity contribution in [1.82, 2.24) is 9.97 Å². The molecule has 0 saturated carbocycles. The number of hydrogen-bond acceptors (Lipinski definition) is 8. The predicted molar refractivity (Wildman–Crippen MR) is 104 cm³/mol. The zero-order valence-electron chi connectivity index (χ0n) is 15.0. The van der Waals surface area contributed by atoms with Gasteiger partial charge >= 0.3 is 0 Å². The van der Waals surface area contributed by atoms with Gasteiger partial charge in [-0.3, -0.25) is 9.78 Å². The van der Waals surface area contributed by atoms with E-state index in [0.29, 0.717) is 32.9 Å². The van der Waals surface area contributed by atoms with Crippen LogP contribution < -0.4 is 24.8 Å². The normalized spacial score (nSPS) is 10.2. The number of nitrogens with zero attached hydrogens (tertiary/aromatic N) is 2. The minimum atomic E-state index is -0.287. The molecule has 8 nitrogen and oxygen atoms in total. The highest BCUT2D eigenvalue weighted by Crippen LogP contribution is 2.40. The molecule has 0 aliphatic carbocycles. The first-order valence-electron chi connectivity index (χ1n) is 7.89. The smallest absolute Gasteiger partial charge is 0.267 e. The lowest BCUT2D eigenvalue weighted by Gasteiger charge is -2.14. The van der Waals surface area contributed by atoms with Crippen molar-refractivity contribution in [3.63, 3.8) is 0 Å². The van der Waals surface area contributed by atoms with E-state index >= 15 is 0 Å². The third-order valence-electron chi connectivity index (χ3n) is 3.58. The van der Waals surface area contributed by atoms with Crippen LogP contribution in [0.15, 0.2) is 42.9 Å². The Morgan fingerprint density at radius 2 is 1.67 bits per heavy atom. The van der Waals surface area contributed by atoms with Gasteiger partial charge in [0.15, 0.2) is 16.6 Å². The molecule has 2 aromatic heterocycles. The first-order valence-corrected chi connectivity index (χ1v) is 8.70. The quantitative estimate of drug-likeness (QED) is 0.641. The molecule has 0 bridgehead atoms. The van der Waals surface area contributed by atoms with Crippen molar-refractivity contribution in [3.05, 3.63) is 47.7 Å². The van der Waals surface area contributed by atoms with Crippen LogP contribution in [0, 0.1) is 0 Å². The fourth-order valence-corrected chi connectivity index (χ4v) is 3.07. The Morgan fingerprint density at radius 3 is 2.26 bits per heavy atom. The zero-order valence-corrected chi connectivity index (χ0v) is 15.8. The van der Waals surface area contributed by atoms with Gasteiger partial charge < -0.3 is 24.8 Å². The van der Waals surface area contributed by atoms with Gasteiger partial charge in [-0.05, 0) is 12.1 Å². The lowest BCUT2D eigenvalue weighted by molar-refractivity contribution is 0.103. The summed E-state index contributed by atoms with van der Waals surface area (Å²) in [5.74, 6) is 1.08. The van der Waals surface area contributed by atoms with Gasteiger partial charge in [0.05, 0.1) is 27.5 Å². The fraction of sp³-hybridized carbons (Fsp3) is 0.167. The molecular weight excluding hydrogens is 368 g/mol. The molecule has 2 N–H and O–H groups in total. The summed E-state index contributed by atoms with van der Waals surface area (Å²) in [5, 5.41) is 6.55. The number of amides is 1. The van der Waals surface area contributed by atoms with Gasteiger partial charge in [0.25, 0.3) is 5.91 Å². The van der Waals surface area contributed by atoms with Crippen LogP contribution in [0.25, 0.3) is 0 Å². The van der Waals surface area contributed by atoms with E-state index in [9.17, 15) is 4.79 Å². The molecule has 0 aliphatic heterocycles. The number of benzene rings is 1. The molecule has 3 aromatic rings. The van der Waals surface area contributed by atoms with E-state index in [2.05, 4.69) is 20.6 Å². The van der Waals surface area contributed by atoms with Crippen LogP contribution in [0.5, 0.6) is 17.2 Å². The molecule has 0 saturated heterocycles. The van der Waals surface area contributed by atoms with Crippen molar-refractivity contribution >= 4 is 33.8 Å². The number of pyridine rings is 1. The van der Waals surface area contributed by atoms with Crippen molar-refractivity contribution < 1.29 is 19.0 Å². The van der Waals surface area contributed by atoms with E-state index < -0.39 is 0 Å². The molecule has 3 rings (SSSR count). The van der Waals surface area contributed by atoms with Crippen molar-refractivity contribution in [2.75, 3.05) is 32.0 Å². The molecule has 0 unspecified atom stereocenters. The molecule has 0 atom stereocenters. The minimum Gasteiger partial charge on any atom is -0.493 e. The predicted octanol–water partition coefficient (Wildman–Crippen LogP) is 3.56. The van der Waals surface area contributed by atoms with E-state index in [-0.39, 0.29) is 5.91 Å². The van der Waals surface area contributed by atoms with Gasteiger partial charge in [-0.25, -0.2) is 4.98 Å². The Balaban J connectivity index is 1.76. The Labute approximate surface area is 160 Å². The van der Waals surface area contributed by atoms with Crippen LogP contribution in [0.3, 0.4) is 0 Å². The SMILES string of the molecule is COc1cc(NC(=O)c2cnc(Nc3ccncc3)s2)cc(OC)c1OC. The summed E-state index contributed by atoms with van der Waals surface area (Å²) < 4.78 is 15.9. The van der Waals surface area contributed by atoms with E-state index in [1.807, 2.05) is 12.1 Å². The molecule has 1 amide bonds. The standard InChI is InChI=1S/C18H18N4O4S/c1-24-13-8-12(9-14(25-2)16(13)26-3)21-17(23)15-10-20-18(27-15)22-11-4-6-19-7-5-11/h4-10H,1-3H3,(H,21,23)(H,19,20,22). The van der Waals surface area contributed by atoms with Crippen molar-refractivity contribution in [2.45, 2.75) is 0 Å². The van der Waals surface area contributed by atoms with Crippen molar-refractivity contribution in [2.24, 2.45) is 0 Å². The number of carbonyl (C=O) groups excluding carboxylic acids is 1. The van der Waals surface area contributed by atoms with Crippen molar-refractivity contribution in [1.29, 1.82) is 0 Å². The van der Waals surface area contributed by atoms with E-state index in [0.717, 1.165) is 5.69 Å². The Morgan fingerprint density at radius 1 is 1.00 bits per heavy atom. The number of thiazole rings is 1. The second-order valence-corrected chi connectivity index (χ2v) is 6.29. The van der Waals surface area contributed by atoms with Crippen LogP contribution >= 0.6 is 11.3 Å². The van der Waals surface area contributed by atoms with Crippen LogP contribution in [0.2, 0.25) is 0 Å². The Bertz CT molecular complexity index is 905. The number of rotatable bonds is 7. The van der Waals surface area contributed by atoms with Gasteiger partial charge in [-0.2, -0.15) is 0 Å². The number of methoxy groups -OCH3 is 3. The van der Waals surface area contributed by atoms with Gasteiger partial charge in [-0.1, -0.05) is 11.3 Å². The molecule has 1 aromatic carbocycles. The first kappa shape index (κ1) is 18.5. The third kappa shape index (κ3) is 4.26. The molecule has 0 spiro atoms. The average molecular weight is 386 g/mol. The summed E-state index contributed by atoms with van der Waals surface area (Å²) in [5.41, 5.74) is 1.36. The Hall–Kier alpha value is -3.33. The highest BCUT2D eigenvalue weighted by atomic mass is 32.1. The summed E-state index contributed by atoms with van der Waals surface area (Å²) in [7, 11) is 4.56. The third-order valence-corrected chi connectivity index (χ3v) is 4.50. The highest BCUT2D eigenvalue weighted by Gasteiger charge is 2.16. The fourth-order valence-electron chi connectivity index (χ4n) is 2.34. The lowest BCUT2D eigenvalue weighted by Crippen LogP contribution is -2.10. The maximum Gasteiger partial charge on any atom is 0.267 e. The number of nitrogens with one attached hydrogen (secondary N) is 2. The van der Waals surface area contributed by atoms with Gasteiger partial charge in [0, 0.05) is 35.9 Å². The van der Waals surface area contributed by atoms with Crippen molar-refractivity contribution in [3.8, 4) is 17.2 Å². The molecule has 0 aliphatic rings. The van der Waals surface area contributed by atoms with Crippen LogP contribution in [-0.2, 0) is 0 Å². The van der Waals surface area contributed by atoms with Gasteiger partial charge in [0.1, 0.15) is 4.88 Å². The number of ether oxygens (including phenoxy) is 3. The van der Waals surface area contributed by atoms with Crippen LogP contribution in [-0.4, -0.2) is 37.2 Å². The van der Waals surface area contributed by atoms with Crippen LogP contribution in [0.4, 0.5) is 16.5 Å². The number of carbonyl (C=O) groups is 1. The second-order valence-electron chi connectivity index (χ2n) is 5.26. The maximum atomic E-state index is 12.5. The molecule has 0 fully saturated rings. The highest BCUT2D eigenvalue weighted by molar-refractivity contribution is 7.17. The molecular formula is C18H18N4O4S. The summed E-state index contributed by atoms with van der Waals surface area (Å²) >= 11 is 1.24. The number of aromatic nitrogens is 2. The molecule has 27 heavy (non-hydrogen) atoms. The molecule has 9 heteroatoms. The number of anilines is 3. The maximum absolute atomic E-state index is 12.5. The molecule has 0 radical (unpaired) electrons. The lowest BCUT2D eigenvalue weighted by atomic mass is 10.2. The van der Waals surface area contributed by atoms with Crippen LogP contribution in [0.1, 0.15) is 9.67 Å². The molecule has 140 valence electrons. The first-order chi connectivity index (χ1) is 13.1. The van der Waals surface area contributed by atoms with E-state index in [4.69, 9.17) is 14.2 Å². The largest absolute Gasteiger partial charge is 0.493 e. The van der Waals surface area contributed by atoms with Gasteiger partial charge in [0.2, 0.25) is 5.75 Å². The van der Waals surface area contributed by atoms with E-state index in [1.54, 1.807) is 24.5 Å². The summed E-state index contributed by atoms with van der Waals surface area (Å²) in [6, 6.07) is 6.96. The summed E-state index contributed by atoms with van der Waals surface area (Å²) in [6.45, 7) is 0. The summed E-state index contributed by atoms with van der Waals surface area (Å²) in [4.78, 5) is 21.2. The monoisotopic (exact) mass is 386 g/mol. The van der Waals surface area contributed by atoms with E-state index in [1.165, 1.54) is 38.9 Å². The number of hydrogen-bond donors (Lipinski definition) is 2. The minimum absolute atomic E-state index is 0.287. The summed E-state index contributed by atoms with van der Waals surface area (Å²) in [6.07, 6.45) is 4.86. The topological polar surface area (TPSA) is 94.6 Å². The second kappa shape index (κ2) is 8.37. The zero-order chi connectivity index (χ0) is 19.2.